The molecule has 0 unspecified atom stereocenters. The summed E-state index contributed by atoms with van der Waals surface area (Å²) in [7, 11) is -3.61. The van der Waals surface area contributed by atoms with E-state index in [4.69, 9.17) is 9.47 Å². The first-order valence-corrected chi connectivity index (χ1v) is 11.5. The Bertz CT molecular complexity index is 1070. The van der Waals surface area contributed by atoms with Gasteiger partial charge in [-0.15, -0.1) is 0 Å². The van der Waals surface area contributed by atoms with E-state index in [-0.39, 0.29) is 23.5 Å². The number of anilines is 1. The summed E-state index contributed by atoms with van der Waals surface area (Å²) < 4.78 is 39.1. The third-order valence-corrected chi connectivity index (χ3v) is 6.18. The van der Waals surface area contributed by atoms with Crippen LogP contribution in [0.15, 0.2) is 66.7 Å². The van der Waals surface area contributed by atoms with Gasteiger partial charge in [-0.25, -0.2) is 13.4 Å². The quantitative estimate of drug-likeness (QED) is 0.613. The number of para-hydroxylation sites is 1. The van der Waals surface area contributed by atoms with Gasteiger partial charge in [0.15, 0.2) is 0 Å². The van der Waals surface area contributed by atoms with Gasteiger partial charge in [-0.1, -0.05) is 48.5 Å². The first-order valence-electron chi connectivity index (χ1n) is 9.83. The van der Waals surface area contributed by atoms with Crippen molar-refractivity contribution in [2.24, 2.45) is 5.92 Å². The second-order valence-electron chi connectivity index (χ2n) is 7.14. The maximum Gasteiger partial charge on any atom is 0.240 e. The highest BCUT2D eigenvalue weighted by atomic mass is 32.2. The van der Waals surface area contributed by atoms with Crippen LogP contribution in [0.5, 0.6) is 11.6 Å². The Labute approximate surface area is 176 Å². The molecule has 8 heteroatoms. The third kappa shape index (κ3) is 5.55. The van der Waals surface area contributed by atoms with E-state index in [1.165, 1.54) is 0 Å². The van der Waals surface area contributed by atoms with Crippen LogP contribution in [0.1, 0.15) is 12.8 Å². The van der Waals surface area contributed by atoms with E-state index in [0.717, 1.165) is 18.4 Å². The molecule has 1 saturated heterocycles. The van der Waals surface area contributed by atoms with Gasteiger partial charge in [0.25, 0.3) is 0 Å². The lowest BCUT2D eigenvalue weighted by Gasteiger charge is -2.21. The van der Waals surface area contributed by atoms with Crippen LogP contribution < -0.4 is 9.46 Å². The fourth-order valence-corrected chi connectivity index (χ4v) is 4.70. The van der Waals surface area contributed by atoms with E-state index >= 15 is 0 Å². The molecule has 0 radical (unpaired) electrons. The summed E-state index contributed by atoms with van der Waals surface area (Å²) in [6, 6.07) is 20.4. The van der Waals surface area contributed by atoms with E-state index < -0.39 is 10.0 Å². The van der Waals surface area contributed by atoms with Crippen molar-refractivity contribution in [1.82, 2.24) is 9.97 Å². The molecule has 2 aromatic carbocycles. The van der Waals surface area contributed by atoms with E-state index in [2.05, 4.69) is 14.7 Å². The number of aromatic nitrogens is 2. The Morgan fingerprint density at radius 2 is 1.63 bits per heavy atom. The van der Waals surface area contributed by atoms with Crippen molar-refractivity contribution in [2.45, 2.75) is 12.8 Å². The van der Waals surface area contributed by atoms with Gasteiger partial charge < -0.3 is 9.47 Å². The van der Waals surface area contributed by atoms with Crippen LogP contribution >= 0.6 is 0 Å². The largest absolute Gasteiger partial charge is 0.439 e. The molecule has 0 bridgehead atoms. The highest BCUT2D eigenvalue weighted by Gasteiger charge is 2.23. The zero-order chi connectivity index (χ0) is 20.8. The number of benzene rings is 2. The SMILES string of the molecule is O=S(=O)(CC1CCOCC1)Nc1nc(Oc2ccccc2)cc(-c2ccccc2)n1. The molecule has 156 valence electrons. The average molecular weight is 426 g/mol. The highest BCUT2D eigenvalue weighted by Crippen LogP contribution is 2.27. The second kappa shape index (κ2) is 9.23. The van der Waals surface area contributed by atoms with Crippen molar-refractivity contribution in [2.75, 3.05) is 23.7 Å². The molecule has 0 saturated carbocycles. The Hall–Kier alpha value is -2.97. The zero-order valence-corrected chi connectivity index (χ0v) is 17.2. The lowest BCUT2D eigenvalue weighted by Crippen LogP contribution is -2.27. The maximum atomic E-state index is 12.7. The van der Waals surface area contributed by atoms with Crippen LogP contribution in [0.2, 0.25) is 0 Å². The van der Waals surface area contributed by atoms with E-state index in [0.29, 0.717) is 24.7 Å². The molecule has 1 N–H and O–H groups in total. The number of nitrogens with one attached hydrogen (secondary N) is 1. The topological polar surface area (TPSA) is 90.4 Å². The minimum atomic E-state index is -3.61. The predicted molar refractivity (Wildman–Crippen MR) is 115 cm³/mol. The lowest BCUT2D eigenvalue weighted by atomic mass is 10.0. The predicted octanol–water partition coefficient (Wildman–Crippen LogP) is 4.10. The molecule has 0 spiro atoms. The second-order valence-corrected chi connectivity index (χ2v) is 8.90. The van der Waals surface area contributed by atoms with Gasteiger partial charge in [0, 0.05) is 24.8 Å². The minimum absolute atomic E-state index is 0.00524. The summed E-state index contributed by atoms with van der Waals surface area (Å²) in [6.07, 6.45) is 1.46. The van der Waals surface area contributed by atoms with Gasteiger partial charge in [0.2, 0.25) is 21.9 Å². The maximum absolute atomic E-state index is 12.7. The molecule has 1 fully saturated rings. The number of hydrogen-bond acceptors (Lipinski definition) is 6. The monoisotopic (exact) mass is 425 g/mol. The van der Waals surface area contributed by atoms with Gasteiger partial charge >= 0.3 is 0 Å². The van der Waals surface area contributed by atoms with E-state index in [1.54, 1.807) is 18.2 Å². The smallest absolute Gasteiger partial charge is 0.240 e. The number of hydrogen-bond donors (Lipinski definition) is 1. The fourth-order valence-electron chi connectivity index (χ4n) is 3.29. The highest BCUT2D eigenvalue weighted by molar-refractivity contribution is 7.92. The molecular formula is C22H23N3O4S. The Kier molecular flexibility index (Phi) is 6.25. The minimum Gasteiger partial charge on any atom is -0.439 e. The van der Waals surface area contributed by atoms with Gasteiger partial charge in [-0.3, -0.25) is 4.72 Å². The van der Waals surface area contributed by atoms with Gasteiger partial charge in [-0.2, -0.15) is 4.98 Å². The van der Waals surface area contributed by atoms with Gasteiger partial charge in [-0.05, 0) is 30.9 Å². The lowest BCUT2D eigenvalue weighted by molar-refractivity contribution is 0.0724. The van der Waals surface area contributed by atoms with E-state index in [9.17, 15) is 8.42 Å². The molecule has 1 aromatic heterocycles. The summed E-state index contributed by atoms with van der Waals surface area (Å²) in [6.45, 7) is 1.19. The standard InChI is InChI=1S/C22H23N3O4S/c26-30(27,16-17-11-13-28-14-12-17)25-22-23-20(18-7-3-1-4-8-18)15-21(24-22)29-19-9-5-2-6-10-19/h1-10,15,17H,11-14,16H2,(H,23,24,25). The van der Waals surface area contributed by atoms with Crippen LogP contribution in [0.4, 0.5) is 5.95 Å². The zero-order valence-electron chi connectivity index (χ0n) is 16.4. The molecule has 0 atom stereocenters. The van der Waals surface area contributed by atoms with Crippen LogP contribution in [0.25, 0.3) is 11.3 Å². The molecular weight excluding hydrogens is 402 g/mol. The number of ether oxygens (including phenoxy) is 2. The summed E-state index contributed by atoms with van der Waals surface area (Å²) in [5.41, 5.74) is 1.41. The molecule has 1 aliphatic heterocycles. The average Bonchev–Trinajstić information content (AvgIpc) is 2.75. The van der Waals surface area contributed by atoms with Gasteiger partial charge in [0.05, 0.1) is 11.4 Å². The summed E-state index contributed by atoms with van der Waals surface area (Å²) in [5.74, 6) is 0.942. The molecule has 3 aromatic rings. The number of sulfonamides is 1. The van der Waals surface area contributed by atoms with Crippen molar-refractivity contribution in [3.05, 3.63) is 66.7 Å². The molecule has 4 rings (SSSR count). The first kappa shape index (κ1) is 20.3. The molecule has 7 nitrogen and oxygen atoms in total. The van der Waals surface area contributed by atoms with Crippen molar-refractivity contribution in [3.63, 3.8) is 0 Å². The number of rotatable bonds is 7. The Balaban J connectivity index is 1.61. The van der Waals surface area contributed by atoms with Crippen molar-refractivity contribution >= 4 is 16.0 Å². The summed E-state index contributed by atoms with van der Waals surface area (Å²) in [4.78, 5) is 8.70. The van der Waals surface area contributed by atoms with Crippen molar-refractivity contribution < 1.29 is 17.9 Å². The van der Waals surface area contributed by atoms with Crippen LogP contribution in [-0.2, 0) is 14.8 Å². The Morgan fingerprint density at radius 1 is 0.967 bits per heavy atom. The normalized spacial score (nSPS) is 14.9. The van der Waals surface area contributed by atoms with Crippen LogP contribution in [0.3, 0.4) is 0 Å². The number of nitrogens with zero attached hydrogens (tertiary/aromatic N) is 2. The summed E-state index contributed by atoms with van der Waals surface area (Å²) in [5, 5.41) is 0. The van der Waals surface area contributed by atoms with E-state index in [1.807, 2.05) is 48.5 Å². The molecule has 2 heterocycles. The molecule has 1 aliphatic rings. The van der Waals surface area contributed by atoms with Crippen LogP contribution in [-0.4, -0.2) is 37.4 Å². The third-order valence-electron chi connectivity index (χ3n) is 4.78. The van der Waals surface area contributed by atoms with Crippen molar-refractivity contribution in [3.8, 4) is 22.9 Å². The first-order chi connectivity index (χ1) is 14.6. The summed E-state index contributed by atoms with van der Waals surface area (Å²) >= 11 is 0. The fraction of sp³-hybridized carbons (Fsp3) is 0.273. The van der Waals surface area contributed by atoms with Crippen molar-refractivity contribution in [1.29, 1.82) is 0 Å². The van der Waals surface area contributed by atoms with Gasteiger partial charge in [0.1, 0.15) is 5.75 Å². The molecule has 0 amide bonds. The molecule has 30 heavy (non-hydrogen) atoms. The molecule has 0 aliphatic carbocycles. The Morgan fingerprint density at radius 3 is 2.33 bits per heavy atom. The van der Waals surface area contributed by atoms with Crippen LogP contribution in [0, 0.1) is 5.92 Å².